The molecule has 158 valence electrons. The van der Waals surface area contributed by atoms with E-state index in [0.29, 0.717) is 38.7 Å². The molecule has 0 saturated heterocycles. The number of nitrogens with one attached hydrogen (secondary N) is 1. The van der Waals surface area contributed by atoms with Crippen LogP contribution in [0.4, 0.5) is 5.13 Å². The van der Waals surface area contributed by atoms with Crippen molar-refractivity contribution in [3.05, 3.63) is 74.2 Å². The third-order valence-electron chi connectivity index (χ3n) is 4.25. The van der Waals surface area contributed by atoms with Gasteiger partial charge in [0.05, 0.1) is 24.3 Å². The number of ether oxygens (including phenoxy) is 2. The number of halogens is 2. The normalized spacial score (nSPS) is 11.0. The topological polar surface area (TPSA) is 84.2 Å². The molecule has 3 rings (SSSR count). The Morgan fingerprint density at radius 2 is 2.00 bits per heavy atom. The number of benzene rings is 2. The first kappa shape index (κ1) is 22.6. The van der Waals surface area contributed by atoms with E-state index in [1.54, 1.807) is 30.5 Å². The quantitative estimate of drug-likeness (QED) is 0.356. The Labute approximate surface area is 193 Å². The largest absolute Gasteiger partial charge is 0.493 e. The zero-order valence-corrected chi connectivity index (χ0v) is 18.9. The van der Waals surface area contributed by atoms with Gasteiger partial charge in [0, 0.05) is 17.5 Å². The third-order valence-corrected chi connectivity index (χ3v) is 6.02. The molecule has 0 unspecified atom stereocenters. The molecule has 0 aliphatic carbocycles. The van der Waals surface area contributed by atoms with Crippen molar-refractivity contribution < 1.29 is 14.3 Å². The van der Waals surface area contributed by atoms with Crippen molar-refractivity contribution in [1.29, 1.82) is 5.26 Å². The average Bonchev–Trinajstić information content (AvgIpc) is 3.21. The number of methoxy groups -OCH3 is 2. The predicted octanol–water partition coefficient (Wildman–Crippen LogP) is 5.60. The molecule has 1 amide bonds. The summed E-state index contributed by atoms with van der Waals surface area (Å²) in [5.74, 6) is 0.495. The van der Waals surface area contributed by atoms with Crippen LogP contribution in [0.5, 0.6) is 11.5 Å². The maximum atomic E-state index is 12.6. The SMILES string of the molecule is COc1ccc(C=C(C#N)C(=O)Nc2ncc(Cc3cccc(Cl)c3Cl)s2)cc1OC. The van der Waals surface area contributed by atoms with E-state index >= 15 is 0 Å². The molecular weight excluding hydrogens is 457 g/mol. The maximum absolute atomic E-state index is 12.6. The van der Waals surface area contributed by atoms with E-state index in [1.807, 2.05) is 18.2 Å². The molecule has 2 aromatic carbocycles. The number of hydrogen-bond acceptors (Lipinski definition) is 6. The molecule has 0 spiro atoms. The number of amides is 1. The van der Waals surface area contributed by atoms with Crippen LogP contribution < -0.4 is 14.8 Å². The van der Waals surface area contributed by atoms with Gasteiger partial charge in [-0.1, -0.05) is 41.4 Å². The molecule has 3 aromatic rings. The van der Waals surface area contributed by atoms with Gasteiger partial charge in [-0.15, -0.1) is 11.3 Å². The second-order valence-corrected chi connectivity index (χ2v) is 8.16. The molecule has 1 N–H and O–H groups in total. The summed E-state index contributed by atoms with van der Waals surface area (Å²) in [7, 11) is 3.05. The molecule has 1 aromatic heterocycles. The van der Waals surface area contributed by atoms with Crippen molar-refractivity contribution in [2.75, 3.05) is 19.5 Å². The van der Waals surface area contributed by atoms with Gasteiger partial charge in [-0.3, -0.25) is 10.1 Å². The Balaban J connectivity index is 1.74. The molecule has 0 aliphatic rings. The smallest absolute Gasteiger partial charge is 0.268 e. The third kappa shape index (κ3) is 5.56. The summed E-state index contributed by atoms with van der Waals surface area (Å²) in [6.07, 6.45) is 3.65. The number of nitrogens with zero attached hydrogens (tertiary/aromatic N) is 2. The van der Waals surface area contributed by atoms with Gasteiger partial charge in [0.2, 0.25) is 0 Å². The number of aromatic nitrogens is 1. The van der Waals surface area contributed by atoms with Crippen LogP contribution in [0.2, 0.25) is 10.0 Å². The van der Waals surface area contributed by atoms with Crippen LogP contribution >= 0.6 is 34.5 Å². The van der Waals surface area contributed by atoms with Crippen LogP contribution in [0, 0.1) is 11.3 Å². The van der Waals surface area contributed by atoms with Gasteiger partial charge in [-0.25, -0.2) is 4.98 Å². The van der Waals surface area contributed by atoms with Crippen molar-refractivity contribution in [3.8, 4) is 17.6 Å². The fourth-order valence-electron chi connectivity index (χ4n) is 2.74. The monoisotopic (exact) mass is 473 g/mol. The van der Waals surface area contributed by atoms with E-state index in [1.165, 1.54) is 31.6 Å². The van der Waals surface area contributed by atoms with Gasteiger partial charge < -0.3 is 9.47 Å². The molecule has 0 bridgehead atoms. The van der Waals surface area contributed by atoms with Crippen LogP contribution in [0.15, 0.2) is 48.2 Å². The second kappa shape index (κ2) is 10.3. The Bertz CT molecular complexity index is 1180. The highest BCUT2D eigenvalue weighted by Crippen LogP contribution is 2.30. The number of nitriles is 1. The van der Waals surface area contributed by atoms with Crippen LogP contribution in [0.1, 0.15) is 16.0 Å². The molecule has 6 nitrogen and oxygen atoms in total. The minimum Gasteiger partial charge on any atom is -0.493 e. The minimum atomic E-state index is -0.557. The Morgan fingerprint density at radius 1 is 1.23 bits per heavy atom. The number of rotatable bonds is 7. The molecule has 31 heavy (non-hydrogen) atoms. The first-order valence-corrected chi connectivity index (χ1v) is 10.5. The molecule has 0 atom stereocenters. The Hall–Kier alpha value is -3.05. The van der Waals surface area contributed by atoms with E-state index in [4.69, 9.17) is 32.7 Å². The fraction of sp³-hybridized carbons (Fsp3) is 0.136. The van der Waals surface area contributed by atoms with Crippen LogP contribution in [0.3, 0.4) is 0 Å². The van der Waals surface area contributed by atoms with Crippen molar-refractivity contribution in [1.82, 2.24) is 4.98 Å². The van der Waals surface area contributed by atoms with Gasteiger partial charge in [0.25, 0.3) is 5.91 Å². The van der Waals surface area contributed by atoms with E-state index in [0.717, 1.165) is 10.4 Å². The van der Waals surface area contributed by atoms with Crippen molar-refractivity contribution in [2.45, 2.75) is 6.42 Å². The van der Waals surface area contributed by atoms with Gasteiger partial charge in [-0.05, 0) is 35.4 Å². The lowest BCUT2D eigenvalue weighted by Gasteiger charge is -2.08. The van der Waals surface area contributed by atoms with Gasteiger partial charge in [0.1, 0.15) is 11.6 Å². The molecule has 0 radical (unpaired) electrons. The molecule has 0 saturated carbocycles. The molecule has 9 heteroatoms. The number of carbonyl (C=O) groups is 1. The van der Waals surface area contributed by atoms with E-state index < -0.39 is 5.91 Å². The lowest BCUT2D eigenvalue weighted by atomic mass is 10.1. The summed E-state index contributed by atoms with van der Waals surface area (Å²) >= 11 is 13.6. The summed E-state index contributed by atoms with van der Waals surface area (Å²) in [6.45, 7) is 0. The predicted molar refractivity (Wildman–Crippen MR) is 123 cm³/mol. The van der Waals surface area contributed by atoms with Gasteiger partial charge in [-0.2, -0.15) is 5.26 Å². The first-order valence-electron chi connectivity index (χ1n) is 8.98. The Kier molecular flexibility index (Phi) is 7.53. The second-order valence-electron chi connectivity index (χ2n) is 6.26. The lowest BCUT2D eigenvalue weighted by molar-refractivity contribution is -0.112. The van der Waals surface area contributed by atoms with Crippen molar-refractivity contribution in [2.24, 2.45) is 0 Å². The molecule has 1 heterocycles. The van der Waals surface area contributed by atoms with E-state index in [2.05, 4.69) is 10.3 Å². The number of hydrogen-bond donors (Lipinski definition) is 1. The first-order chi connectivity index (χ1) is 14.9. The van der Waals surface area contributed by atoms with Crippen LogP contribution in [-0.2, 0) is 11.2 Å². The highest BCUT2D eigenvalue weighted by Gasteiger charge is 2.14. The van der Waals surface area contributed by atoms with Crippen molar-refractivity contribution >= 4 is 51.7 Å². The maximum Gasteiger partial charge on any atom is 0.268 e. The van der Waals surface area contributed by atoms with Gasteiger partial charge in [0.15, 0.2) is 16.6 Å². The molecular formula is C22H17Cl2N3O3S. The van der Waals surface area contributed by atoms with Crippen LogP contribution in [0.25, 0.3) is 6.08 Å². The highest BCUT2D eigenvalue weighted by molar-refractivity contribution is 7.15. The highest BCUT2D eigenvalue weighted by atomic mass is 35.5. The summed E-state index contributed by atoms with van der Waals surface area (Å²) in [5.41, 5.74) is 1.42. The number of anilines is 1. The van der Waals surface area contributed by atoms with E-state index in [-0.39, 0.29) is 5.57 Å². The summed E-state index contributed by atoms with van der Waals surface area (Å²) in [5, 5.41) is 13.5. The Morgan fingerprint density at radius 3 is 2.71 bits per heavy atom. The lowest BCUT2D eigenvalue weighted by Crippen LogP contribution is -2.13. The van der Waals surface area contributed by atoms with Crippen molar-refractivity contribution in [3.63, 3.8) is 0 Å². The van der Waals surface area contributed by atoms with Gasteiger partial charge >= 0.3 is 0 Å². The zero-order chi connectivity index (χ0) is 22.4. The number of thiazole rings is 1. The standard InChI is InChI=1S/C22H17Cl2N3O3S/c1-29-18-7-6-13(9-19(18)30-2)8-15(11-25)21(28)27-22-26-12-16(31-22)10-14-4-3-5-17(23)20(14)24/h3-9,12H,10H2,1-2H3,(H,26,27,28). The molecule has 0 fully saturated rings. The van der Waals surface area contributed by atoms with Crippen LogP contribution in [-0.4, -0.2) is 25.1 Å². The summed E-state index contributed by atoms with van der Waals surface area (Å²) in [6, 6.07) is 12.5. The average molecular weight is 474 g/mol. The molecule has 0 aliphatic heterocycles. The number of carbonyl (C=O) groups excluding carboxylic acids is 1. The summed E-state index contributed by atoms with van der Waals surface area (Å²) < 4.78 is 10.4. The zero-order valence-electron chi connectivity index (χ0n) is 16.6. The minimum absolute atomic E-state index is 0.0677. The summed E-state index contributed by atoms with van der Waals surface area (Å²) in [4.78, 5) is 17.7. The fourth-order valence-corrected chi connectivity index (χ4v) is 3.96. The van der Waals surface area contributed by atoms with E-state index in [9.17, 15) is 10.1 Å².